The van der Waals surface area contributed by atoms with Crippen molar-refractivity contribution in [3.8, 4) is 11.3 Å². The molecule has 1 aliphatic heterocycles. The molecule has 0 amide bonds. The molecule has 0 unspecified atom stereocenters. The first kappa shape index (κ1) is 13.7. The molecule has 0 spiro atoms. The van der Waals surface area contributed by atoms with Crippen LogP contribution >= 0.6 is 11.3 Å². The minimum Gasteiger partial charge on any atom is -0.439 e. The fraction of sp³-hybridized carbons (Fsp3) is 0.278. The van der Waals surface area contributed by atoms with Crippen LogP contribution in [0, 0.1) is 0 Å². The molecule has 1 atom stereocenters. The molecule has 0 fully saturated rings. The number of hydrogen-bond acceptors (Lipinski definition) is 4. The van der Waals surface area contributed by atoms with Crippen LogP contribution in [-0.2, 0) is 13.0 Å². The Morgan fingerprint density at radius 2 is 2.14 bits per heavy atom. The number of nitrogens with zero attached hydrogens (tertiary/aromatic N) is 2. The Kier molecular flexibility index (Phi) is 3.56. The molecular formula is C18H18N2OS. The van der Waals surface area contributed by atoms with E-state index in [4.69, 9.17) is 4.42 Å². The van der Waals surface area contributed by atoms with Crippen molar-refractivity contribution in [1.82, 2.24) is 9.88 Å². The fourth-order valence-electron chi connectivity index (χ4n) is 3.07. The van der Waals surface area contributed by atoms with Crippen LogP contribution in [0.5, 0.6) is 0 Å². The second-order valence-corrected chi connectivity index (χ2v) is 6.68. The zero-order chi connectivity index (χ0) is 14.9. The summed E-state index contributed by atoms with van der Waals surface area (Å²) in [6, 6.07) is 12.8. The average molecular weight is 310 g/mol. The van der Waals surface area contributed by atoms with Gasteiger partial charge in [0.1, 0.15) is 0 Å². The molecule has 112 valence electrons. The Morgan fingerprint density at radius 1 is 1.27 bits per heavy atom. The predicted molar refractivity (Wildman–Crippen MR) is 88.8 cm³/mol. The quantitative estimate of drug-likeness (QED) is 0.712. The van der Waals surface area contributed by atoms with Gasteiger partial charge in [0.25, 0.3) is 0 Å². The van der Waals surface area contributed by atoms with Gasteiger partial charge in [-0.3, -0.25) is 4.90 Å². The zero-order valence-corrected chi connectivity index (χ0v) is 13.3. The number of benzene rings is 1. The fourth-order valence-corrected chi connectivity index (χ4v) is 4.03. The second kappa shape index (κ2) is 5.71. The Balaban J connectivity index is 1.52. The summed E-state index contributed by atoms with van der Waals surface area (Å²) >= 11 is 1.87. The summed E-state index contributed by atoms with van der Waals surface area (Å²) < 4.78 is 5.94. The van der Waals surface area contributed by atoms with Crippen LogP contribution in [0.2, 0.25) is 0 Å². The van der Waals surface area contributed by atoms with Crippen LogP contribution in [0.15, 0.2) is 52.4 Å². The first-order valence-electron chi connectivity index (χ1n) is 7.62. The first-order valence-corrected chi connectivity index (χ1v) is 8.49. The smallest absolute Gasteiger partial charge is 0.209 e. The van der Waals surface area contributed by atoms with E-state index in [9.17, 15) is 0 Å². The molecular weight excluding hydrogens is 292 g/mol. The normalized spacial score (nSPS) is 18.3. The minimum atomic E-state index is 0.432. The molecule has 3 aromatic rings. The number of rotatable bonds is 3. The molecule has 0 saturated carbocycles. The van der Waals surface area contributed by atoms with E-state index in [2.05, 4.69) is 28.3 Å². The third-order valence-electron chi connectivity index (χ3n) is 4.35. The predicted octanol–water partition coefficient (Wildman–Crippen LogP) is 4.52. The van der Waals surface area contributed by atoms with E-state index >= 15 is 0 Å². The van der Waals surface area contributed by atoms with E-state index in [1.54, 1.807) is 0 Å². The van der Waals surface area contributed by atoms with Gasteiger partial charge in [0.05, 0.1) is 12.7 Å². The first-order chi connectivity index (χ1) is 10.8. The molecule has 0 bridgehead atoms. The van der Waals surface area contributed by atoms with Crippen LogP contribution in [-0.4, -0.2) is 16.4 Å². The maximum atomic E-state index is 5.94. The van der Waals surface area contributed by atoms with Gasteiger partial charge in [-0.05, 0) is 30.4 Å². The maximum absolute atomic E-state index is 5.94. The van der Waals surface area contributed by atoms with Gasteiger partial charge < -0.3 is 4.42 Å². The van der Waals surface area contributed by atoms with Crippen LogP contribution in [0.25, 0.3) is 11.3 Å². The Morgan fingerprint density at radius 3 is 3.00 bits per heavy atom. The molecule has 0 saturated heterocycles. The van der Waals surface area contributed by atoms with Gasteiger partial charge in [-0.2, -0.15) is 0 Å². The van der Waals surface area contributed by atoms with Gasteiger partial charge >= 0.3 is 0 Å². The van der Waals surface area contributed by atoms with Gasteiger partial charge in [-0.1, -0.05) is 30.3 Å². The lowest BCUT2D eigenvalue weighted by Crippen LogP contribution is -2.32. The van der Waals surface area contributed by atoms with Crippen LogP contribution < -0.4 is 0 Å². The Hall–Kier alpha value is -1.91. The average Bonchev–Trinajstić information content (AvgIpc) is 3.20. The summed E-state index contributed by atoms with van der Waals surface area (Å²) in [5, 5.41) is 2.20. The molecule has 3 nitrogen and oxygen atoms in total. The van der Waals surface area contributed by atoms with Crippen molar-refractivity contribution in [1.29, 1.82) is 0 Å². The molecule has 22 heavy (non-hydrogen) atoms. The molecule has 0 radical (unpaired) electrons. The largest absolute Gasteiger partial charge is 0.439 e. The molecule has 0 N–H and O–H groups in total. The highest BCUT2D eigenvalue weighted by molar-refractivity contribution is 7.10. The molecule has 0 aliphatic carbocycles. The van der Waals surface area contributed by atoms with Gasteiger partial charge in [0.15, 0.2) is 5.76 Å². The Labute approximate surface area is 134 Å². The lowest BCUT2D eigenvalue weighted by atomic mass is 10.0. The van der Waals surface area contributed by atoms with Crippen LogP contribution in [0.4, 0.5) is 0 Å². The van der Waals surface area contributed by atoms with Gasteiger partial charge in [0, 0.05) is 23.0 Å². The SMILES string of the molecule is C[C@@H]1c2ccsc2CCN1Cc1ncc(-c2ccccc2)o1. The summed E-state index contributed by atoms with van der Waals surface area (Å²) in [5.74, 6) is 1.64. The number of oxazole rings is 1. The van der Waals surface area contributed by atoms with E-state index < -0.39 is 0 Å². The lowest BCUT2D eigenvalue weighted by Gasteiger charge is -2.32. The summed E-state index contributed by atoms with van der Waals surface area (Å²) in [4.78, 5) is 8.43. The van der Waals surface area contributed by atoms with Crippen molar-refractivity contribution in [2.45, 2.75) is 25.9 Å². The topological polar surface area (TPSA) is 29.3 Å². The van der Waals surface area contributed by atoms with Crippen molar-refractivity contribution in [3.63, 3.8) is 0 Å². The van der Waals surface area contributed by atoms with E-state index in [-0.39, 0.29) is 0 Å². The zero-order valence-electron chi connectivity index (χ0n) is 12.5. The van der Waals surface area contributed by atoms with Crippen molar-refractivity contribution in [2.75, 3.05) is 6.54 Å². The van der Waals surface area contributed by atoms with E-state index in [1.165, 1.54) is 10.4 Å². The van der Waals surface area contributed by atoms with Crippen molar-refractivity contribution < 1.29 is 4.42 Å². The monoisotopic (exact) mass is 310 g/mol. The molecule has 4 rings (SSSR count). The molecule has 4 heteroatoms. The molecule has 1 aliphatic rings. The third-order valence-corrected chi connectivity index (χ3v) is 5.35. The van der Waals surface area contributed by atoms with E-state index in [1.807, 2.05) is 47.9 Å². The summed E-state index contributed by atoms with van der Waals surface area (Å²) in [6.07, 6.45) is 2.96. The number of aromatic nitrogens is 1. The van der Waals surface area contributed by atoms with E-state index in [0.717, 1.165) is 36.7 Å². The summed E-state index contributed by atoms with van der Waals surface area (Å²) in [7, 11) is 0. The highest BCUT2D eigenvalue weighted by atomic mass is 32.1. The van der Waals surface area contributed by atoms with Gasteiger partial charge in [-0.25, -0.2) is 4.98 Å². The lowest BCUT2D eigenvalue weighted by molar-refractivity contribution is 0.174. The molecule has 1 aromatic carbocycles. The third kappa shape index (κ3) is 2.49. The molecule has 2 aromatic heterocycles. The van der Waals surface area contributed by atoms with Crippen molar-refractivity contribution >= 4 is 11.3 Å². The van der Waals surface area contributed by atoms with Crippen molar-refractivity contribution in [3.05, 3.63) is 64.3 Å². The number of hydrogen-bond donors (Lipinski definition) is 0. The summed E-state index contributed by atoms with van der Waals surface area (Å²) in [5.41, 5.74) is 2.54. The van der Waals surface area contributed by atoms with Crippen molar-refractivity contribution in [2.24, 2.45) is 0 Å². The standard InChI is InChI=1S/C18H18N2OS/c1-13-15-8-10-22-17(15)7-9-20(13)12-18-19-11-16(21-18)14-5-3-2-4-6-14/h2-6,8,10-11,13H,7,9,12H2,1H3/t13-/m1/s1. The number of thiophene rings is 1. The highest BCUT2D eigenvalue weighted by Gasteiger charge is 2.25. The van der Waals surface area contributed by atoms with Gasteiger partial charge in [-0.15, -0.1) is 11.3 Å². The maximum Gasteiger partial charge on any atom is 0.209 e. The number of fused-ring (bicyclic) bond motifs is 1. The Bertz CT molecular complexity index is 762. The van der Waals surface area contributed by atoms with E-state index in [0.29, 0.717) is 6.04 Å². The van der Waals surface area contributed by atoms with Crippen LogP contribution in [0.3, 0.4) is 0 Å². The van der Waals surface area contributed by atoms with Gasteiger partial charge in [0.2, 0.25) is 5.89 Å². The highest BCUT2D eigenvalue weighted by Crippen LogP contribution is 2.33. The van der Waals surface area contributed by atoms with Crippen LogP contribution in [0.1, 0.15) is 29.3 Å². The summed E-state index contributed by atoms with van der Waals surface area (Å²) in [6.45, 7) is 4.10. The second-order valence-electron chi connectivity index (χ2n) is 5.68. The molecule has 3 heterocycles. The minimum absolute atomic E-state index is 0.432.